The van der Waals surface area contributed by atoms with Gasteiger partial charge in [-0.05, 0) is 77.2 Å². The first-order valence-corrected chi connectivity index (χ1v) is 17.8. The Hall–Kier alpha value is -6.65. The van der Waals surface area contributed by atoms with E-state index in [2.05, 4.69) is 126 Å². The van der Waals surface area contributed by atoms with Gasteiger partial charge in [0.25, 0.3) is 0 Å². The molecule has 0 unspecified atom stereocenters. The average molecular weight is 669 g/mol. The zero-order chi connectivity index (χ0) is 34.9. The zero-order valence-corrected chi connectivity index (χ0v) is 28.8. The summed E-state index contributed by atoms with van der Waals surface area (Å²) in [6, 6.07) is 53.3. The van der Waals surface area contributed by atoms with Gasteiger partial charge in [-0.3, -0.25) is 4.99 Å². The number of aliphatic imine (C=N–C) groups is 3. The SMILES string of the molecule is C=N/C(=N\C(=N/Cc1ccc2c(c1)Cc1ccc(C3=CCC=Cc4c3n(-c3ccccc3)c3ccccc43)cc1-2)c1ccccc1)c1ccccc1. The summed E-state index contributed by atoms with van der Waals surface area (Å²) in [6.07, 6.45) is 8.76. The van der Waals surface area contributed by atoms with Crippen LogP contribution in [0, 0.1) is 0 Å². The maximum Gasteiger partial charge on any atom is 0.161 e. The van der Waals surface area contributed by atoms with Crippen LogP contribution < -0.4 is 0 Å². The maximum absolute atomic E-state index is 5.03. The molecule has 0 aliphatic heterocycles. The van der Waals surface area contributed by atoms with Crippen LogP contribution in [-0.2, 0) is 13.0 Å². The quantitative estimate of drug-likeness (QED) is 0.125. The van der Waals surface area contributed by atoms with E-state index in [0.717, 1.165) is 29.5 Å². The first-order chi connectivity index (χ1) is 25.7. The van der Waals surface area contributed by atoms with Crippen LogP contribution in [0.1, 0.15) is 51.1 Å². The number of hydrogen-bond donors (Lipinski definition) is 0. The topological polar surface area (TPSA) is 42.0 Å². The molecule has 248 valence electrons. The van der Waals surface area contributed by atoms with E-state index in [-0.39, 0.29) is 0 Å². The van der Waals surface area contributed by atoms with Crippen molar-refractivity contribution in [2.24, 2.45) is 15.0 Å². The molecule has 2 aliphatic rings. The molecule has 0 saturated heterocycles. The fourth-order valence-electron chi connectivity index (χ4n) is 7.60. The summed E-state index contributed by atoms with van der Waals surface area (Å²) in [5.41, 5.74) is 15.7. The van der Waals surface area contributed by atoms with E-state index in [0.29, 0.717) is 18.2 Å². The second-order valence-electron chi connectivity index (χ2n) is 13.2. The predicted molar refractivity (Wildman–Crippen MR) is 218 cm³/mol. The second kappa shape index (κ2) is 13.6. The molecule has 4 nitrogen and oxygen atoms in total. The highest BCUT2D eigenvalue weighted by molar-refractivity contribution is 6.12. The predicted octanol–water partition coefficient (Wildman–Crippen LogP) is 11.1. The number of fused-ring (bicyclic) bond motifs is 6. The third-order valence-electron chi connectivity index (χ3n) is 10.0. The summed E-state index contributed by atoms with van der Waals surface area (Å²) in [5.74, 6) is 1.19. The molecule has 0 fully saturated rings. The number of hydrogen-bond acceptors (Lipinski definition) is 1. The van der Waals surface area contributed by atoms with Crippen LogP contribution >= 0.6 is 0 Å². The molecule has 9 rings (SSSR count). The number of aromatic nitrogens is 1. The minimum atomic E-state index is 0.508. The zero-order valence-electron chi connectivity index (χ0n) is 28.8. The van der Waals surface area contributed by atoms with Crippen LogP contribution in [0.5, 0.6) is 0 Å². The number of rotatable bonds is 6. The van der Waals surface area contributed by atoms with Gasteiger partial charge in [-0.25, -0.2) is 9.98 Å². The largest absolute Gasteiger partial charge is 0.309 e. The van der Waals surface area contributed by atoms with Crippen LogP contribution in [0.15, 0.2) is 179 Å². The highest BCUT2D eigenvalue weighted by Crippen LogP contribution is 2.43. The molecule has 0 N–H and O–H groups in total. The number of nitrogens with zero attached hydrogens (tertiary/aromatic N) is 4. The molecule has 52 heavy (non-hydrogen) atoms. The van der Waals surface area contributed by atoms with Crippen molar-refractivity contribution in [1.82, 2.24) is 4.57 Å². The van der Waals surface area contributed by atoms with Crippen molar-refractivity contribution < 1.29 is 0 Å². The molecule has 0 bridgehead atoms. The Bertz CT molecular complexity index is 2590. The van der Waals surface area contributed by atoms with Crippen molar-refractivity contribution >= 4 is 40.9 Å². The van der Waals surface area contributed by atoms with Crippen LogP contribution in [0.25, 0.3) is 39.4 Å². The van der Waals surface area contributed by atoms with Crippen molar-refractivity contribution in [3.05, 3.63) is 208 Å². The third-order valence-corrected chi connectivity index (χ3v) is 10.0. The number of benzene rings is 6. The monoisotopic (exact) mass is 668 g/mol. The van der Waals surface area contributed by atoms with E-state index >= 15 is 0 Å². The number of allylic oxidation sites excluding steroid dienone is 2. The lowest BCUT2D eigenvalue weighted by molar-refractivity contribution is 1.05. The fraction of sp³-hybridized carbons (Fsp3) is 0.0625. The molecule has 6 aromatic carbocycles. The van der Waals surface area contributed by atoms with Crippen LogP contribution in [0.3, 0.4) is 0 Å². The van der Waals surface area contributed by atoms with Crippen LogP contribution in [0.4, 0.5) is 0 Å². The summed E-state index contributed by atoms with van der Waals surface area (Å²) in [6.45, 7) is 4.31. The lowest BCUT2D eigenvalue weighted by atomic mass is 9.94. The standard InChI is InChI=1S/C48H36N4/c1-49-47(34-15-5-2-6-16-34)51-48(35-17-7-3-8-18-35)50-32-33-25-28-40-38(29-33)30-36-26-27-37(31-44(36)40)41-21-11-12-23-43-42-22-13-14-24-45(42)52(46(41)43)39-19-9-4-10-20-39/h2-10,12-29,31H,1,11,30,32H2/b50-48-,51-47-. The second-order valence-corrected chi connectivity index (χ2v) is 13.2. The van der Waals surface area contributed by atoms with E-state index in [1.54, 1.807) is 0 Å². The Morgan fingerprint density at radius 1 is 0.654 bits per heavy atom. The fourth-order valence-corrected chi connectivity index (χ4v) is 7.60. The van der Waals surface area contributed by atoms with Gasteiger partial charge in [0.15, 0.2) is 11.7 Å². The van der Waals surface area contributed by atoms with E-state index in [9.17, 15) is 0 Å². The summed E-state index contributed by atoms with van der Waals surface area (Å²) in [5, 5.41) is 1.27. The lowest BCUT2D eigenvalue weighted by Gasteiger charge is -2.16. The van der Waals surface area contributed by atoms with E-state index in [4.69, 9.17) is 9.98 Å². The normalized spacial score (nSPS) is 13.7. The number of amidine groups is 2. The molecule has 0 atom stereocenters. The summed E-state index contributed by atoms with van der Waals surface area (Å²) < 4.78 is 2.43. The minimum absolute atomic E-state index is 0.508. The van der Waals surface area contributed by atoms with Gasteiger partial charge in [0, 0.05) is 33.3 Å². The first kappa shape index (κ1) is 31.3. The maximum atomic E-state index is 5.03. The third kappa shape index (κ3) is 5.74. The minimum Gasteiger partial charge on any atom is -0.309 e. The molecular weight excluding hydrogens is 633 g/mol. The van der Waals surface area contributed by atoms with Crippen molar-refractivity contribution in [3.8, 4) is 16.8 Å². The summed E-state index contributed by atoms with van der Waals surface area (Å²) in [4.78, 5) is 14.2. The Balaban J connectivity index is 1.07. The van der Waals surface area contributed by atoms with Gasteiger partial charge in [-0.2, -0.15) is 0 Å². The lowest BCUT2D eigenvalue weighted by Crippen LogP contribution is -2.05. The van der Waals surface area contributed by atoms with Gasteiger partial charge in [-0.15, -0.1) is 0 Å². The van der Waals surface area contributed by atoms with E-state index in [1.807, 2.05) is 60.7 Å². The smallest absolute Gasteiger partial charge is 0.161 e. The summed E-state index contributed by atoms with van der Waals surface area (Å²) >= 11 is 0. The Morgan fingerprint density at radius 2 is 1.37 bits per heavy atom. The van der Waals surface area contributed by atoms with Crippen molar-refractivity contribution in [3.63, 3.8) is 0 Å². The van der Waals surface area contributed by atoms with Crippen molar-refractivity contribution in [2.75, 3.05) is 0 Å². The molecule has 0 radical (unpaired) electrons. The van der Waals surface area contributed by atoms with Gasteiger partial charge in [0.05, 0.1) is 17.8 Å². The van der Waals surface area contributed by atoms with E-state index < -0.39 is 0 Å². The molecule has 0 saturated carbocycles. The summed E-state index contributed by atoms with van der Waals surface area (Å²) in [7, 11) is 0. The Kier molecular flexibility index (Phi) is 8.18. The van der Waals surface area contributed by atoms with Crippen LogP contribution in [-0.4, -0.2) is 23.0 Å². The van der Waals surface area contributed by atoms with Gasteiger partial charge in [0.1, 0.15) is 0 Å². The molecule has 7 aromatic rings. The van der Waals surface area contributed by atoms with Gasteiger partial charge >= 0.3 is 0 Å². The Morgan fingerprint density at radius 3 is 2.13 bits per heavy atom. The molecule has 1 heterocycles. The molecule has 4 heteroatoms. The molecule has 1 aromatic heterocycles. The first-order valence-electron chi connectivity index (χ1n) is 17.8. The molecule has 0 amide bonds. The van der Waals surface area contributed by atoms with Gasteiger partial charge in [0.2, 0.25) is 0 Å². The van der Waals surface area contributed by atoms with Gasteiger partial charge in [-0.1, -0.05) is 146 Å². The number of para-hydroxylation sites is 2. The highest BCUT2D eigenvalue weighted by Gasteiger charge is 2.25. The van der Waals surface area contributed by atoms with Crippen molar-refractivity contribution in [2.45, 2.75) is 19.4 Å². The van der Waals surface area contributed by atoms with Crippen LogP contribution in [0.2, 0.25) is 0 Å². The molecular formula is C48H36N4. The average Bonchev–Trinajstić information content (AvgIpc) is 3.64. The van der Waals surface area contributed by atoms with E-state index in [1.165, 1.54) is 61.2 Å². The molecule has 2 aliphatic carbocycles. The molecule has 0 spiro atoms. The highest BCUT2D eigenvalue weighted by atomic mass is 15.0. The Labute approximate surface area is 304 Å². The van der Waals surface area contributed by atoms with Gasteiger partial charge < -0.3 is 4.57 Å². The van der Waals surface area contributed by atoms with Crippen molar-refractivity contribution in [1.29, 1.82) is 0 Å².